The highest BCUT2D eigenvalue weighted by Crippen LogP contribution is 2.19. The number of aromatic nitrogens is 2. The summed E-state index contributed by atoms with van der Waals surface area (Å²) in [5.41, 5.74) is 2.21. The predicted molar refractivity (Wildman–Crippen MR) is 118 cm³/mol. The van der Waals surface area contributed by atoms with Gasteiger partial charge in [-0.25, -0.2) is 9.98 Å². The lowest BCUT2D eigenvalue weighted by molar-refractivity contribution is 0.169. The van der Waals surface area contributed by atoms with Crippen LogP contribution in [0.2, 0.25) is 0 Å². The third-order valence-electron chi connectivity index (χ3n) is 5.78. The molecule has 0 aliphatic carbocycles. The topological polar surface area (TPSA) is 73.0 Å². The second-order valence-electron chi connectivity index (χ2n) is 7.99. The predicted octanol–water partition coefficient (Wildman–Crippen LogP) is 2.34. The maximum absolute atomic E-state index is 4.94. The molecule has 4 heterocycles. The lowest BCUT2D eigenvalue weighted by Crippen LogP contribution is -2.52. The summed E-state index contributed by atoms with van der Waals surface area (Å²) in [4.78, 5) is 16.7. The van der Waals surface area contributed by atoms with Gasteiger partial charge >= 0.3 is 0 Å². The van der Waals surface area contributed by atoms with Gasteiger partial charge < -0.3 is 19.6 Å². The third kappa shape index (κ3) is 5.50. The molecule has 2 saturated heterocycles. The standard InChI is InChI=1S/C22H33N7O/c1-2-23-22(29-13-11-27(12-14-29)18-20-7-15-30-26-20)25-17-19-6-8-24-21(16-19)28-9-4-3-5-10-28/h6-8,15-16H,2-5,9-14,17-18H2,1H3,(H,23,25). The average Bonchev–Trinajstić information content (AvgIpc) is 3.31. The summed E-state index contributed by atoms with van der Waals surface area (Å²) in [7, 11) is 0. The first-order valence-corrected chi connectivity index (χ1v) is 11.2. The van der Waals surface area contributed by atoms with Gasteiger partial charge in [-0.2, -0.15) is 0 Å². The summed E-state index contributed by atoms with van der Waals surface area (Å²) in [5, 5.41) is 7.49. The Kier molecular flexibility index (Phi) is 7.18. The fourth-order valence-corrected chi connectivity index (χ4v) is 4.11. The number of nitrogens with one attached hydrogen (secondary N) is 1. The molecule has 0 atom stereocenters. The number of pyridine rings is 1. The van der Waals surface area contributed by atoms with Crippen LogP contribution in [-0.4, -0.2) is 71.7 Å². The minimum absolute atomic E-state index is 0.671. The SMILES string of the molecule is CCNC(=NCc1ccnc(N2CCCCC2)c1)N1CCN(Cc2ccon2)CC1. The van der Waals surface area contributed by atoms with Gasteiger partial charge in [0.2, 0.25) is 0 Å². The quantitative estimate of drug-likeness (QED) is 0.578. The number of piperidine rings is 1. The van der Waals surface area contributed by atoms with E-state index in [-0.39, 0.29) is 0 Å². The Morgan fingerprint density at radius 1 is 1.10 bits per heavy atom. The molecular formula is C22H33N7O. The Balaban J connectivity index is 1.35. The molecule has 1 N–H and O–H groups in total. The number of guanidine groups is 1. The van der Waals surface area contributed by atoms with Crippen molar-refractivity contribution in [2.75, 3.05) is 50.7 Å². The Labute approximate surface area is 178 Å². The van der Waals surface area contributed by atoms with Crippen molar-refractivity contribution < 1.29 is 4.52 Å². The molecule has 4 rings (SSSR count). The van der Waals surface area contributed by atoms with Gasteiger partial charge in [0.15, 0.2) is 5.96 Å². The van der Waals surface area contributed by atoms with Crippen LogP contribution in [0.5, 0.6) is 0 Å². The molecule has 0 unspecified atom stereocenters. The van der Waals surface area contributed by atoms with Gasteiger partial charge in [-0.1, -0.05) is 5.16 Å². The number of anilines is 1. The zero-order valence-electron chi connectivity index (χ0n) is 18.0. The summed E-state index contributed by atoms with van der Waals surface area (Å²) >= 11 is 0. The fraction of sp³-hybridized carbons (Fsp3) is 0.591. The molecule has 0 radical (unpaired) electrons. The van der Waals surface area contributed by atoms with Gasteiger partial charge in [-0.15, -0.1) is 0 Å². The van der Waals surface area contributed by atoms with Gasteiger partial charge in [0.25, 0.3) is 0 Å². The molecule has 0 saturated carbocycles. The average molecular weight is 412 g/mol. The summed E-state index contributed by atoms with van der Waals surface area (Å²) in [6, 6.07) is 6.22. The summed E-state index contributed by atoms with van der Waals surface area (Å²) in [6.07, 6.45) is 7.41. The molecule has 0 aromatic carbocycles. The fourth-order valence-electron chi connectivity index (χ4n) is 4.11. The monoisotopic (exact) mass is 411 g/mol. The summed E-state index contributed by atoms with van der Waals surface area (Å²) in [5.74, 6) is 2.09. The molecule has 2 aliphatic rings. The molecule has 162 valence electrons. The Hall–Kier alpha value is -2.61. The van der Waals surface area contributed by atoms with Crippen LogP contribution in [-0.2, 0) is 13.1 Å². The number of aliphatic imine (C=N–C) groups is 1. The zero-order valence-corrected chi connectivity index (χ0v) is 18.0. The van der Waals surface area contributed by atoms with Gasteiger partial charge in [0.05, 0.1) is 12.2 Å². The van der Waals surface area contributed by atoms with Crippen molar-refractivity contribution in [2.45, 2.75) is 39.3 Å². The first-order valence-electron chi connectivity index (χ1n) is 11.2. The highest BCUT2D eigenvalue weighted by Gasteiger charge is 2.20. The third-order valence-corrected chi connectivity index (χ3v) is 5.78. The van der Waals surface area contributed by atoms with E-state index >= 15 is 0 Å². The minimum atomic E-state index is 0.671. The van der Waals surface area contributed by atoms with Crippen LogP contribution in [0.15, 0.2) is 40.2 Å². The molecule has 0 bridgehead atoms. The molecule has 0 amide bonds. The highest BCUT2D eigenvalue weighted by molar-refractivity contribution is 5.80. The van der Waals surface area contributed by atoms with Gasteiger partial charge in [-0.3, -0.25) is 4.90 Å². The molecule has 2 aromatic heterocycles. The molecule has 8 nitrogen and oxygen atoms in total. The van der Waals surface area contributed by atoms with E-state index in [9.17, 15) is 0 Å². The number of piperazine rings is 1. The second-order valence-corrected chi connectivity index (χ2v) is 7.99. The van der Waals surface area contributed by atoms with E-state index in [1.54, 1.807) is 6.26 Å². The maximum Gasteiger partial charge on any atom is 0.194 e. The lowest BCUT2D eigenvalue weighted by atomic mass is 10.1. The van der Waals surface area contributed by atoms with E-state index in [1.807, 2.05) is 12.3 Å². The van der Waals surface area contributed by atoms with Crippen LogP contribution in [0.1, 0.15) is 37.4 Å². The number of rotatable bonds is 6. The first kappa shape index (κ1) is 20.7. The first-order chi connectivity index (χ1) is 14.8. The molecule has 2 aromatic rings. The van der Waals surface area contributed by atoms with Crippen molar-refractivity contribution >= 4 is 11.8 Å². The van der Waals surface area contributed by atoms with Crippen molar-refractivity contribution in [3.8, 4) is 0 Å². The van der Waals surface area contributed by atoms with E-state index in [4.69, 9.17) is 9.52 Å². The van der Waals surface area contributed by atoms with Crippen molar-refractivity contribution in [2.24, 2.45) is 4.99 Å². The van der Waals surface area contributed by atoms with Crippen LogP contribution < -0.4 is 10.2 Å². The summed E-state index contributed by atoms with van der Waals surface area (Å²) in [6.45, 7) is 10.6. The van der Waals surface area contributed by atoms with Crippen molar-refractivity contribution in [1.82, 2.24) is 25.3 Å². The van der Waals surface area contributed by atoms with E-state index < -0.39 is 0 Å². The lowest BCUT2D eigenvalue weighted by Gasteiger charge is -2.36. The maximum atomic E-state index is 4.94. The van der Waals surface area contributed by atoms with E-state index in [0.29, 0.717) is 6.54 Å². The van der Waals surface area contributed by atoms with Crippen molar-refractivity contribution in [1.29, 1.82) is 0 Å². The van der Waals surface area contributed by atoms with E-state index in [1.165, 1.54) is 24.8 Å². The van der Waals surface area contributed by atoms with E-state index in [2.05, 4.69) is 49.2 Å². The smallest absolute Gasteiger partial charge is 0.194 e. The number of hydrogen-bond donors (Lipinski definition) is 1. The van der Waals surface area contributed by atoms with Crippen molar-refractivity contribution in [3.05, 3.63) is 41.9 Å². The molecule has 8 heteroatoms. The molecule has 0 spiro atoms. The molecule has 2 fully saturated rings. The van der Waals surface area contributed by atoms with Gasteiger partial charge in [0, 0.05) is 64.6 Å². The Morgan fingerprint density at radius 3 is 2.67 bits per heavy atom. The minimum Gasteiger partial charge on any atom is -0.364 e. The van der Waals surface area contributed by atoms with Crippen LogP contribution in [0, 0.1) is 0 Å². The van der Waals surface area contributed by atoms with Crippen molar-refractivity contribution in [3.63, 3.8) is 0 Å². The zero-order chi connectivity index (χ0) is 20.6. The van der Waals surface area contributed by atoms with Crippen LogP contribution in [0.3, 0.4) is 0 Å². The number of hydrogen-bond acceptors (Lipinski definition) is 6. The highest BCUT2D eigenvalue weighted by atomic mass is 16.5. The van der Waals surface area contributed by atoms with Gasteiger partial charge in [0.1, 0.15) is 12.1 Å². The Morgan fingerprint density at radius 2 is 1.93 bits per heavy atom. The molecule has 2 aliphatic heterocycles. The largest absolute Gasteiger partial charge is 0.364 e. The van der Waals surface area contributed by atoms with E-state index in [0.717, 1.165) is 69.8 Å². The van der Waals surface area contributed by atoms with Crippen LogP contribution in [0.25, 0.3) is 0 Å². The second kappa shape index (κ2) is 10.4. The van der Waals surface area contributed by atoms with Gasteiger partial charge in [-0.05, 0) is 43.9 Å². The number of nitrogens with zero attached hydrogens (tertiary/aromatic N) is 6. The Bertz CT molecular complexity index is 794. The van der Waals surface area contributed by atoms with Crippen LogP contribution >= 0.6 is 0 Å². The summed E-state index contributed by atoms with van der Waals surface area (Å²) < 4.78 is 4.94. The normalized spacial score (nSPS) is 18.6. The molecule has 30 heavy (non-hydrogen) atoms. The molecular weight excluding hydrogens is 378 g/mol. The van der Waals surface area contributed by atoms with Crippen LogP contribution in [0.4, 0.5) is 5.82 Å².